The highest BCUT2D eigenvalue weighted by molar-refractivity contribution is 7.92. The van der Waals surface area contributed by atoms with Crippen LogP contribution in [0.15, 0.2) is 18.2 Å². The fourth-order valence-electron chi connectivity index (χ4n) is 4.27. The lowest BCUT2D eigenvalue weighted by atomic mass is 9.95. The maximum absolute atomic E-state index is 13.0. The second-order valence-electron chi connectivity index (χ2n) is 7.66. The average molecular weight is 463 g/mol. The number of fused-ring (bicyclic) bond motifs is 3. The number of nitrogens with zero attached hydrogens (tertiary/aromatic N) is 2. The molecule has 2 N–H and O–H groups in total. The van der Waals surface area contributed by atoms with E-state index >= 15 is 0 Å². The first kappa shape index (κ1) is 23.9. The number of hydrogen-bond acceptors (Lipinski definition) is 5. The smallest absolute Gasteiger partial charge is 0.245 e. The lowest BCUT2D eigenvalue weighted by Crippen LogP contribution is -2.55. The number of benzene rings is 1. The van der Waals surface area contributed by atoms with Gasteiger partial charge in [0.05, 0.1) is 11.0 Å². The Balaban J connectivity index is 0.00000150. The Hall–Kier alpha value is -1.35. The molecule has 1 aromatic heterocycles. The van der Waals surface area contributed by atoms with Gasteiger partial charge in [-0.05, 0) is 57.0 Å². The molecule has 0 aliphatic carbocycles. The summed E-state index contributed by atoms with van der Waals surface area (Å²) in [6.45, 7) is 2.02. The topological polar surface area (TPSA) is 93.1 Å². The number of rotatable bonds is 3. The van der Waals surface area contributed by atoms with Crippen molar-refractivity contribution < 1.29 is 13.2 Å². The van der Waals surface area contributed by atoms with E-state index in [-0.39, 0.29) is 24.8 Å². The van der Waals surface area contributed by atoms with Crippen LogP contribution in [-0.4, -0.2) is 48.0 Å². The predicted octanol–water partition coefficient (Wildman–Crippen LogP) is 2.71. The van der Waals surface area contributed by atoms with E-state index in [4.69, 9.17) is 4.98 Å². The largest absolute Gasteiger partial charge is 0.328 e. The highest BCUT2D eigenvalue weighted by atomic mass is 35.5. The number of carbonyl (C=O) groups excluding carboxylic acids is 1. The van der Waals surface area contributed by atoms with Crippen molar-refractivity contribution in [3.8, 4) is 0 Å². The first-order valence-corrected chi connectivity index (χ1v) is 11.5. The average Bonchev–Trinajstić information content (AvgIpc) is 2.81. The lowest BCUT2D eigenvalue weighted by Gasteiger charge is -2.34. The van der Waals surface area contributed by atoms with E-state index < -0.39 is 20.5 Å². The van der Waals surface area contributed by atoms with E-state index in [0.717, 1.165) is 48.9 Å². The van der Waals surface area contributed by atoms with Crippen molar-refractivity contribution in [3.05, 3.63) is 24.0 Å². The maximum atomic E-state index is 13.0. The number of nitrogens with one attached hydrogen (secondary N) is 2. The highest BCUT2D eigenvalue weighted by Crippen LogP contribution is 2.30. The van der Waals surface area contributed by atoms with Crippen molar-refractivity contribution in [2.75, 3.05) is 24.7 Å². The van der Waals surface area contributed by atoms with Crippen LogP contribution in [0.1, 0.15) is 37.9 Å². The SMILES string of the molecule is CS(=O)(=O)C1(C(=O)Nc2ccc3c(c2)nc2n3CCCCC2)CCNCC1.Cl.Cl. The molecule has 1 aromatic carbocycles. The van der Waals surface area contributed by atoms with Crippen molar-refractivity contribution >= 4 is 57.3 Å². The summed E-state index contributed by atoms with van der Waals surface area (Å²) in [7, 11) is -3.53. The quantitative estimate of drug-likeness (QED) is 0.730. The summed E-state index contributed by atoms with van der Waals surface area (Å²) in [6, 6.07) is 5.67. The van der Waals surface area contributed by atoms with Gasteiger partial charge in [-0.3, -0.25) is 4.79 Å². The van der Waals surface area contributed by atoms with Gasteiger partial charge in [-0.15, -0.1) is 24.8 Å². The second-order valence-corrected chi connectivity index (χ2v) is 9.99. The number of halogens is 2. The molecular formula is C19H28Cl2N4O3S. The Morgan fingerprint density at radius 2 is 1.90 bits per heavy atom. The van der Waals surface area contributed by atoms with Gasteiger partial charge in [-0.1, -0.05) is 6.42 Å². The minimum absolute atomic E-state index is 0. The summed E-state index contributed by atoms with van der Waals surface area (Å²) >= 11 is 0. The van der Waals surface area contributed by atoms with Crippen molar-refractivity contribution in [2.45, 2.75) is 49.8 Å². The number of amides is 1. The molecule has 0 radical (unpaired) electrons. The number of carbonyl (C=O) groups is 1. The number of piperidine rings is 1. The molecule has 0 bridgehead atoms. The van der Waals surface area contributed by atoms with Crippen LogP contribution in [0.3, 0.4) is 0 Å². The first-order valence-electron chi connectivity index (χ1n) is 9.62. The number of sulfone groups is 1. The third kappa shape index (κ3) is 4.40. The first-order chi connectivity index (χ1) is 12.9. The molecule has 4 rings (SSSR count). The number of imidazole rings is 1. The van der Waals surface area contributed by atoms with Crippen molar-refractivity contribution in [3.63, 3.8) is 0 Å². The lowest BCUT2D eigenvalue weighted by molar-refractivity contribution is -0.119. The summed E-state index contributed by atoms with van der Waals surface area (Å²) in [5.74, 6) is 0.656. The molecular weight excluding hydrogens is 435 g/mol. The van der Waals surface area contributed by atoms with Gasteiger partial charge in [-0.2, -0.15) is 0 Å². The molecule has 2 aliphatic heterocycles. The zero-order valence-corrected chi connectivity index (χ0v) is 18.9. The monoisotopic (exact) mass is 462 g/mol. The molecule has 2 aliphatic rings. The van der Waals surface area contributed by atoms with E-state index in [1.165, 1.54) is 6.42 Å². The van der Waals surface area contributed by atoms with Crippen LogP contribution in [-0.2, 0) is 27.6 Å². The standard InChI is InChI=1S/C19H26N4O3S.2ClH/c1-27(25,26)19(8-10-20-11-9-19)18(24)21-14-6-7-16-15(13-14)22-17-5-3-2-4-12-23(16)17;;/h6-7,13,20H,2-5,8-12H2,1H3,(H,21,24);2*1H. The molecule has 1 amide bonds. The maximum Gasteiger partial charge on any atom is 0.245 e. The normalized spacial score (nSPS) is 18.7. The van der Waals surface area contributed by atoms with E-state index in [0.29, 0.717) is 31.6 Å². The van der Waals surface area contributed by atoms with Crippen LogP contribution in [0, 0.1) is 0 Å². The van der Waals surface area contributed by atoms with Gasteiger partial charge >= 0.3 is 0 Å². The molecule has 10 heteroatoms. The Labute approximate surface area is 183 Å². The van der Waals surface area contributed by atoms with Gasteiger partial charge in [-0.25, -0.2) is 13.4 Å². The van der Waals surface area contributed by atoms with Crippen LogP contribution in [0.25, 0.3) is 11.0 Å². The van der Waals surface area contributed by atoms with Gasteiger partial charge in [0.2, 0.25) is 5.91 Å². The van der Waals surface area contributed by atoms with Crippen LogP contribution in [0.5, 0.6) is 0 Å². The van der Waals surface area contributed by atoms with Crippen LogP contribution >= 0.6 is 24.8 Å². The van der Waals surface area contributed by atoms with Crippen molar-refractivity contribution in [1.29, 1.82) is 0 Å². The van der Waals surface area contributed by atoms with Crippen molar-refractivity contribution in [2.24, 2.45) is 0 Å². The van der Waals surface area contributed by atoms with Gasteiger partial charge in [0.1, 0.15) is 5.82 Å². The number of hydrogen-bond donors (Lipinski definition) is 2. The molecule has 29 heavy (non-hydrogen) atoms. The Morgan fingerprint density at radius 1 is 1.17 bits per heavy atom. The molecule has 0 unspecified atom stereocenters. The fourth-order valence-corrected chi connectivity index (χ4v) is 5.60. The summed E-state index contributed by atoms with van der Waals surface area (Å²) < 4.78 is 25.7. The summed E-state index contributed by atoms with van der Waals surface area (Å²) in [6.07, 6.45) is 6.24. The molecule has 3 heterocycles. The van der Waals surface area contributed by atoms with E-state index in [2.05, 4.69) is 15.2 Å². The summed E-state index contributed by atoms with van der Waals surface area (Å²) in [5.41, 5.74) is 2.52. The molecule has 162 valence electrons. The number of anilines is 1. The molecule has 1 saturated heterocycles. The fraction of sp³-hybridized carbons (Fsp3) is 0.579. The zero-order chi connectivity index (χ0) is 19.1. The second kappa shape index (κ2) is 9.20. The Morgan fingerprint density at radius 3 is 2.59 bits per heavy atom. The highest BCUT2D eigenvalue weighted by Gasteiger charge is 2.48. The zero-order valence-electron chi connectivity index (χ0n) is 16.4. The van der Waals surface area contributed by atoms with Crippen molar-refractivity contribution in [1.82, 2.24) is 14.9 Å². The van der Waals surface area contributed by atoms with Gasteiger partial charge in [0.25, 0.3) is 0 Å². The number of aryl methyl sites for hydroxylation is 2. The minimum atomic E-state index is -3.53. The van der Waals surface area contributed by atoms with E-state index in [1.807, 2.05) is 18.2 Å². The third-order valence-corrected chi connectivity index (χ3v) is 7.92. The molecule has 0 atom stereocenters. The van der Waals surface area contributed by atoms with Gasteiger partial charge in [0.15, 0.2) is 14.6 Å². The molecule has 0 spiro atoms. The molecule has 2 aromatic rings. The summed E-state index contributed by atoms with van der Waals surface area (Å²) in [5, 5.41) is 5.98. The van der Waals surface area contributed by atoms with Gasteiger partial charge in [0, 0.05) is 24.9 Å². The minimum Gasteiger partial charge on any atom is -0.328 e. The van der Waals surface area contributed by atoms with Crippen LogP contribution < -0.4 is 10.6 Å². The van der Waals surface area contributed by atoms with Crippen LogP contribution in [0.4, 0.5) is 5.69 Å². The molecule has 0 saturated carbocycles. The van der Waals surface area contributed by atoms with E-state index in [9.17, 15) is 13.2 Å². The third-order valence-electron chi connectivity index (χ3n) is 5.90. The Bertz CT molecular complexity index is 985. The van der Waals surface area contributed by atoms with Gasteiger partial charge < -0.3 is 15.2 Å². The van der Waals surface area contributed by atoms with E-state index in [1.54, 1.807) is 0 Å². The molecule has 1 fully saturated rings. The summed E-state index contributed by atoms with van der Waals surface area (Å²) in [4.78, 5) is 17.7. The molecule has 7 nitrogen and oxygen atoms in total. The Kier molecular flexibility index (Phi) is 7.59. The van der Waals surface area contributed by atoms with Crippen LogP contribution in [0.2, 0.25) is 0 Å². The predicted molar refractivity (Wildman–Crippen MR) is 120 cm³/mol. The number of aromatic nitrogens is 2.